The average Bonchev–Trinajstić information content (AvgIpc) is 2.62. The largest absolute Gasteiger partial charge is 0.481 e. The first-order valence-corrected chi connectivity index (χ1v) is 8.17. The van der Waals surface area contributed by atoms with E-state index in [9.17, 15) is 24.3 Å². The molecule has 0 aliphatic rings. The van der Waals surface area contributed by atoms with Gasteiger partial charge in [-0.3, -0.25) is 9.59 Å². The first kappa shape index (κ1) is 20.4. The molecular weight excluding hydrogens is 370 g/mol. The highest BCUT2D eigenvalue weighted by Gasteiger charge is 2.17. The van der Waals surface area contributed by atoms with Crippen LogP contribution in [0.4, 0.5) is 5.69 Å². The Kier molecular flexibility index (Phi) is 6.69. The minimum absolute atomic E-state index is 0.0110. The highest BCUT2D eigenvalue weighted by Crippen LogP contribution is 2.30. The summed E-state index contributed by atoms with van der Waals surface area (Å²) in [6, 6.07) is 9.90. The quantitative estimate of drug-likeness (QED) is 0.512. The van der Waals surface area contributed by atoms with E-state index in [2.05, 4.69) is 5.32 Å². The molecule has 0 aliphatic carbocycles. The lowest BCUT2D eigenvalue weighted by Crippen LogP contribution is -2.12. The van der Waals surface area contributed by atoms with Gasteiger partial charge >= 0.3 is 17.9 Å². The molecule has 2 rings (SSSR count). The van der Waals surface area contributed by atoms with Crippen molar-refractivity contribution in [1.29, 1.82) is 0 Å². The molecule has 0 atom stereocenters. The van der Waals surface area contributed by atoms with Crippen molar-refractivity contribution in [2.75, 3.05) is 5.32 Å². The number of hydrogen-bond acceptors (Lipinski definition) is 5. The molecule has 146 valence electrons. The topological polar surface area (TPSA) is 150 Å². The molecule has 0 aromatic heterocycles. The molecule has 2 aromatic carbocycles. The van der Waals surface area contributed by atoms with Crippen molar-refractivity contribution >= 4 is 29.5 Å². The third-order valence-corrected chi connectivity index (χ3v) is 3.64. The van der Waals surface area contributed by atoms with Gasteiger partial charge in [0.2, 0.25) is 5.91 Å². The predicted molar refractivity (Wildman–Crippen MR) is 97.0 cm³/mol. The van der Waals surface area contributed by atoms with Crippen LogP contribution in [0.15, 0.2) is 42.5 Å². The van der Waals surface area contributed by atoms with Crippen molar-refractivity contribution in [3.05, 3.63) is 53.6 Å². The number of aliphatic carboxylic acids is 1. The second-order valence-electron chi connectivity index (χ2n) is 5.71. The van der Waals surface area contributed by atoms with Crippen molar-refractivity contribution in [3.63, 3.8) is 0 Å². The molecule has 28 heavy (non-hydrogen) atoms. The molecule has 0 saturated heterocycles. The number of aromatic carboxylic acids is 2. The highest BCUT2D eigenvalue weighted by molar-refractivity contribution is 6.02. The minimum Gasteiger partial charge on any atom is -0.481 e. The molecule has 0 spiro atoms. The fraction of sp³-hybridized carbons (Fsp3) is 0.158. The van der Waals surface area contributed by atoms with Gasteiger partial charge in [-0.25, -0.2) is 9.59 Å². The van der Waals surface area contributed by atoms with Crippen LogP contribution in [-0.2, 0) is 9.59 Å². The van der Waals surface area contributed by atoms with Gasteiger partial charge in [0.05, 0.1) is 16.8 Å². The average molecular weight is 387 g/mol. The molecule has 4 N–H and O–H groups in total. The standard InChI is InChI=1S/C19H17NO8/c21-16(6-3-7-17(22)23)20-14-4-1-2-5-15(14)28-11-8-9-12(18(24)25)13(10-11)19(26)27/h1-2,4-5,8-10H,3,6-7H2,(H,20,21)(H,22,23)(H,24,25)(H,26,27). The smallest absolute Gasteiger partial charge is 0.336 e. The Morgan fingerprint density at radius 2 is 1.54 bits per heavy atom. The minimum atomic E-state index is -1.41. The summed E-state index contributed by atoms with van der Waals surface area (Å²) in [4.78, 5) is 44.9. The predicted octanol–water partition coefficient (Wildman–Crippen LogP) is 3.07. The van der Waals surface area contributed by atoms with Gasteiger partial charge in [0.15, 0.2) is 5.75 Å². The summed E-state index contributed by atoms with van der Waals surface area (Å²) >= 11 is 0. The maximum Gasteiger partial charge on any atom is 0.336 e. The van der Waals surface area contributed by atoms with Crippen molar-refractivity contribution in [1.82, 2.24) is 0 Å². The SMILES string of the molecule is O=C(O)CCCC(=O)Nc1ccccc1Oc1ccc(C(=O)O)c(C(=O)O)c1. The fourth-order valence-corrected chi connectivity index (χ4v) is 2.35. The van der Waals surface area contributed by atoms with Gasteiger partial charge in [-0.05, 0) is 36.8 Å². The third-order valence-electron chi connectivity index (χ3n) is 3.64. The van der Waals surface area contributed by atoms with Crippen LogP contribution in [0.5, 0.6) is 11.5 Å². The lowest BCUT2D eigenvalue weighted by molar-refractivity contribution is -0.137. The summed E-state index contributed by atoms with van der Waals surface area (Å²) < 4.78 is 5.61. The Bertz CT molecular complexity index is 922. The number of anilines is 1. The van der Waals surface area contributed by atoms with Crippen LogP contribution in [0.25, 0.3) is 0 Å². The Morgan fingerprint density at radius 3 is 2.18 bits per heavy atom. The maximum atomic E-state index is 12.0. The number of nitrogens with one attached hydrogen (secondary N) is 1. The molecule has 9 heteroatoms. The van der Waals surface area contributed by atoms with Crippen LogP contribution >= 0.6 is 0 Å². The van der Waals surface area contributed by atoms with Crippen LogP contribution in [-0.4, -0.2) is 39.1 Å². The summed E-state index contributed by atoms with van der Waals surface area (Å²) in [7, 11) is 0. The number of hydrogen-bond donors (Lipinski definition) is 4. The number of rotatable bonds is 9. The summed E-state index contributed by atoms with van der Waals surface area (Å²) in [6.45, 7) is 0. The second-order valence-corrected chi connectivity index (χ2v) is 5.71. The second kappa shape index (κ2) is 9.17. The van der Waals surface area contributed by atoms with E-state index >= 15 is 0 Å². The van der Waals surface area contributed by atoms with Crippen LogP contribution in [0.2, 0.25) is 0 Å². The lowest BCUT2D eigenvalue weighted by Gasteiger charge is -2.13. The van der Waals surface area contributed by atoms with Crippen LogP contribution in [0.1, 0.15) is 40.0 Å². The summed E-state index contributed by atoms with van der Waals surface area (Å²) in [5.74, 6) is -3.88. The molecule has 0 saturated carbocycles. The molecule has 1 amide bonds. The van der Waals surface area contributed by atoms with E-state index in [0.29, 0.717) is 5.69 Å². The van der Waals surface area contributed by atoms with E-state index < -0.39 is 29.4 Å². The lowest BCUT2D eigenvalue weighted by atomic mass is 10.1. The molecular formula is C19H17NO8. The Hall–Kier alpha value is -3.88. The number of carbonyl (C=O) groups excluding carboxylic acids is 1. The first-order chi connectivity index (χ1) is 13.3. The summed E-state index contributed by atoms with van der Waals surface area (Å²) in [6.07, 6.45) is 0.0688. The number of carbonyl (C=O) groups is 4. The van der Waals surface area contributed by atoms with Gasteiger partial charge in [0.25, 0.3) is 0 Å². The zero-order valence-electron chi connectivity index (χ0n) is 14.5. The van der Waals surface area contributed by atoms with Crippen LogP contribution in [0.3, 0.4) is 0 Å². The van der Waals surface area contributed by atoms with Crippen molar-refractivity contribution in [3.8, 4) is 11.5 Å². The molecule has 9 nitrogen and oxygen atoms in total. The van der Waals surface area contributed by atoms with Gasteiger partial charge < -0.3 is 25.4 Å². The van der Waals surface area contributed by atoms with E-state index in [-0.39, 0.29) is 36.3 Å². The van der Waals surface area contributed by atoms with Gasteiger partial charge in [-0.2, -0.15) is 0 Å². The molecule has 0 bridgehead atoms. The maximum absolute atomic E-state index is 12.0. The number of para-hydroxylation sites is 2. The van der Waals surface area contributed by atoms with E-state index in [1.165, 1.54) is 6.07 Å². The summed E-state index contributed by atoms with van der Waals surface area (Å²) in [5.41, 5.74) is -0.498. The van der Waals surface area contributed by atoms with Gasteiger partial charge in [0.1, 0.15) is 5.75 Å². The van der Waals surface area contributed by atoms with Crippen molar-refractivity contribution in [2.45, 2.75) is 19.3 Å². The van der Waals surface area contributed by atoms with Gasteiger partial charge in [0, 0.05) is 12.8 Å². The molecule has 0 heterocycles. The third kappa shape index (κ3) is 5.56. The van der Waals surface area contributed by atoms with Gasteiger partial charge in [-0.15, -0.1) is 0 Å². The number of ether oxygens (including phenoxy) is 1. The summed E-state index contributed by atoms with van der Waals surface area (Å²) in [5, 5.41) is 29.5. The molecule has 0 radical (unpaired) electrons. The number of carboxylic acid groups (broad SMARTS) is 3. The number of amides is 1. The number of benzene rings is 2. The first-order valence-electron chi connectivity index (χ1n) is 8.17. The Labute approximate surface area is 159 Å². The fourth-order valence-electron chi connectivity index (χ4n) is 2.35. The van der Waals surface area contributed by atoms with Crippen LogP contribution < -0.4 is 10.1 Å². The molecule has 0 aliphatic heterocycles. The van der Waals surface area contributed by atoms with Crippen molar-refractivity contribution < 1.29 is 39.2 Å². The molecule has 0 unspecified atom stereocenters. The van der Waals surface area contributed by atoms with E-state index in [4.69, 9.17) is 14.9 Å². The van der Waals surface area contributed by atoms with Crippen molar-refractivity contribution in [2.24, 2.45) is 0 Å². The normalized spacial score (nSPS) is 10.1. The monoisotopic (exact) mass is 387 g/mol. The van der Waals surface area contributed by atoms with E-state index in [1.807, 2.05) is 0 Å². The van der Waals surface area contributed by atoms with E-state index in [0.717, 1.165) is 12.1 Å². The molecule has 2 aromatic rings. The Morgan fingerprint density at radius 1 is 0.857 bits per heavy atom. The molecule has 0 fully saturated rings. The number of carboxylic acids is 3. The highest BCUT2D eigenvalue weighted by atomic mass is 16.5. The van der Waals surface area contributed by atoms with E-state index in [1.54, 1.807) is 24.3 Å². The zero-order valence-corrected chi connectivity index (χ0v) is 14.5. The Balaban J connectivity index is 2.18. The zero-order chi connectivity index (χ0) is 20.7. The van der Waals surface area contributed by atoms with Gasteiger partial charge in [-0.1, -0.05) is 12.1 Å². The van der Waals surface area contributed by atoms with Crippen LogP contribution in [0, 0.1) is 0 Å².